The van der Waals surface area contributed by atoms with Crippen LogP contribution < -0.4 is 5.32 Å². The summed E-state index contributed by atoms with van der Waals surface area (Å²) in [5.41, 5.74) is 3.44. The molecule has 0 saturated carbocycles. The van der Waals surface area contributed by atoms with Crippen molar-refractivity contribution in [3.8, 4) is 0 Å². The van der Waals surface area contributed by atoms with Crippen LogP contribution in [0.25, 0.3) is 0 Å². The minimum Gasteiger partial charge on any atom is -0.322 e. The molecule has 1 fully saturated rings. The molecule has 1 aliphatic heterocycles. The van der Waals surface area contributed by atoms with E-state index in [-0.39, 0.29) is 11.9 Å². The SMILES string of the molecule is Cc1ccc(S(=O)(=O)N2CCN(C(C)C(=O)Nc3c(C)nn(C)c3C)CC2)cc1. The number of aryl methyl sites for hydroxylation is 3. The quantitative estimate of drug-likeness (QED) is 0.797. The predicted molar refractivity (Wildman–Crippen MR) is 112 cm³/mol. The maximum atomic E-state index is 12.8. The standard InChI is InChI=1S/C20H29N5O3S/c1-14-6-8-18(9-7-14)29(27,28)25-12-10-24(11-13-25)17(4)20(26)21-19-15(2)22-23(5)16(19)3/h6-9,17H,10-13H2,1-5H3,(H,21,26). The van der Waals surface area contributed by atoms with Crippen molar-refractivity contribution in [1.29, 1.82) is 0 Å². The highest BCUT2D eigenvalue weighted by Gasteiger charge is 2.32. The van der Waals surface area contributed by atoms with Gasteiger partial charge in [0.05, 0.1) is 28.0 Å². The number of nitrogens with zero attached hydrogens (tertiary/aromatic N) is 4. The van der Waals surface area contributed by atoms with Crippen LogP contribution >= 0.6 is 0 Å². The fourth-order valence-electron chi connectivity index (χ4n) is 3.54. The van der Waals surface area contributed by atoms with E-state index in [9.17, 15) is 13.2 Å². The van der Waals surface area contributed by atoms with Crippen LogP contribution in [0.4, 0.5) is 5.69 Å². The number of hydrogen-bond donors (Lipinski definition) is 1. The number of rotatable bonds is 5. The smallest absolute Gasteiger partial charge is 0.243 e. The summed E-state index contributed by atoms with van der Waals surface area (Å²) in [6.45, 7) is 9.28. The molecule has 1 aromatic carbocycles. The predicted octanol–water partition coefficient (Wildman–Crippen LogP) is 1.68. The number of piperazine rings is 1. The molecule has 158 valence electrons. The molecule has 8 nitrogen and oxygen atoms in total. The molecule has 0 aliphatic carbocycles. The largest absolute Gasteiger partial charge is 0.322 e. The number of carbonyl (C=O) groups excluding carboxylic acids is 1. The lowest BCUT2D eigenvalue weighted by atomic mass is 10.2. The van der Waals surface area contributed by atoms with Crippen LogP contribution in [0.3, 0.4) is 0 Å². The lowest BCUT2D eigenvalue weighted by molar-refractivity contribution is -0.121. The van der Waals surface area contributed by atoms with Gasteiger partial charge in [-0.1, -0.05) is 17.7 Å². The Morgan fingerprint density at radius 3 is 2.17 bits per heavy atom. The first-order chi connectivity index (χ1) is 13.6. The molecule has 1 unspecified atom stereocenters. The second-order valence-corrected chi connectivity index (χ2v) is 9.53. The summed E-state index contributed by atoms with van der Waals surface area (Å²) in [6.07, 6.45) is 0. The van der Waals surface area contributed by atoms with Gasteiger partial charge < -0.3 is 5.32 Å². The van der Waals surface area contributed by atoms with Crippen molar-refractivity contribution in [2.45, 2.75) is 38.6 Å². The van der Waals surface area contributed by atoms with Crippen LogP contribution in [0.1, 0.15) is 23.9 Å². The summed E-state index contributed by atoms with van der Waals surface area (Å²) >= 11 is 0. The zero-order chi connectivity index (χ0) is 21.3. The van der Waals surface area contributed by atoms with Crippen LogP contribution in [-0.2, 0) is 21.9 Å². The lowest BCUT2D eigenvalue weighted by Gasteiger charge is -2.36. The number of carbonyl (C=O) groups is 1. The van der Waals surface area contributed by atoms with Crippen LogP contribution in [0.5, 0.6) is 0 Å². The van der Waals surface area contributed by atoms with E-state index < -0.39 is 10.0 Å². The zero-order valence-corrected chi connectivity index (χ0v) is 18.5. The summed E-state index contributed by atoms with van der Waals surface area (Å²) in [5, 5.41) is 7.29. The highest BCUT2D eigenvalue weighted by molar-refractivity contribution is 7.89. The number of nitrogens with one attached hydrogen (secondary N) is 1. The first kappa shape index (κ1) is 21.5. The third-order valence-electron chi connectivity index (χ3n) is 5.62. The third-order valence-corrected chi connectivity index (χ3v) is 7.53. The zero-order valence-electron chi connectivity index (χ0n) is 17.6. The molecule has 0 spiro atoms. The molecule has 9 heteroatoms. The van der Waals surface area contributed by atoms with Crippen molar-refractivity contribution in [3.05, 3.63) is 41.2 Å². The van der Waals surface area contributed by atoms with E-state index in [1.54, 1.807) is 28.9 Å². The van der Waals surface area contributed by atoms with E-state index in [4.69, 9.17) is 0 Å². The number of hydrogen-bond acceptors (Lipinski definition) is 5. The maximum Gasteiger partial charge on any atom is 0.243 e. The molecule has 0 radical (unpaired) electrons. The van der Waals surface area contributed by atoms with Crippen molar-refractivity contribution in [2.75, 3.05) is 31.5 Å². The molecular formula is C20H29N5O3S. The lowest BCUT2D eigenvalue weighted by Crippen LogP contribution is -2.53. The molecule has 0 bridgehead atoms. The number of aromatic nitrogens is 2. The minimum atomic E-state index is -3.51. The van der Waals surface area contributed by atoms with Crippen molar-refractivity contribution >= 4 is 21.6 Å². The molecule has 2 aromatic rings. The van der Waals surface area contributed by atoms with E-state index in [2.05, 4.69) is 10.4 Å². The molecule has 1 saturated heterocycles. The van der Waals surface area contributed by atoms with Gasteiger partial charge in [0, 0.05) is 33.2 Å². The second kappa shape index (κ2) is 8.25. The average molecular weight is 420 g/mol. The van der Waals surface area contributed by atoms with E-state index in [1.807, 2.05) is 39.6 Å². The van der Waals surface area contributed by atoms with E-state index in [0.717, 1.165) is 22.6 Å². The van der Waals surface area contributed by atoms with Crippen molar-refractivity contribution < 1.29 is 13.2 Å². The maximum absolute atomic E-state index is 12.8. The van der Waals surface area contributed by atoms with Crippen molar-refractivity contribution in [2.24, 2.45) is 7.05 Å². The monoisotopic (exact) mass is 419 g/mol. The summed E-state index contributed by atoms with van der Waals surface area (Å²) in [5.74, 6) is -0.112. The fourth-order valence-corrected chi connectivity index (χ4v) is 4.96. The molecule has 29 heavy (non-hydrogen) atoms. The Kier molecular flexibility index (Phi) is 6.11. The van der Waals surface area contributed by atoms with E-state index in [1.165, 1.54) is 4.31 Å². The van der Waals surface area contributed by atoms with Gasteiger partial charge in [-0.25, -0.2) is 8.42 Å². The van der Waals surface area contributed by atoms with Crippen LogP contribution in [0.2, 0.25) is 0 Å². The summed E-state index contributed by atoms with van der Waals surface area (Å²) in [4.78, 5) is 15.1. The van der Waals surface area contributed by atoms with Gasteiger partial charge in [0.2, 0.25) is 15.9 Å². The molecule has 3 rings (SSSR count). The Morgan fingerprint density at radius 2 is 1.66 bits per heavy atom. The minimum absolute atomic E-state index is 0.112. The normalized spacial score (nSPS) is 17.3. The van der Waals surface area contributed by atoms with Gasteiger partial charge in [-0.2, -0.15) is 9.40 Å². The third kappa shape index (κ3) is 4.36. The Bertz CT molecular complexity index is 990. The Morgan fingerprint density at radius 1 is 1.07 bits per heavy atom. The molecule has 2 heterocycles. The van der Waals surface area contributed by atoms with Gasteiger partial charge in [-0.15, -0.1) is 0 Å². The van der Waals surface area contributed by atoms with Gasteiger partial charge in [0.1, 0.15) is 0 Å². The van der Waals surface area contributed by atoms with Crippen LogP contribution in [0.15, 0.2) is 29.2 Å². The molecular weight excluding hydrogens is 390 g/mol. The second-order valence-electron chi connectivity index (χ2n) is 7.59. The van der Waals surface area contributed by atoms with Gasteiger partial charge in [-0.05, 0) is 39.8 Å². The molecule has 1 aromatic heterocycles. The van der Waals surface area contributed by atoms with Gasteiger partial charge >= 0.3 is 0 Å². The van der Waals surface area contributed by atoms with Gasteiger partial charge in [-0.3, -0.25) is 14.4 Å². The fraction of sp³-hybridized carbons (Fsp3) is 0.500. The molecule has 1 amide bonds. The summed E-state index contributed by atoms with van der Waals surface area (Å²) < 4.78 is 28.9. The first-order valence-electron chi connectivity index (χ1n) is 9.73. The topological polar surface area (TPSA) is 87.5 Å². The van der Waals surface area contributed by atoms with E-state index in [0.29, 0.717) is 31.1 Å². The Hall–Kier alpha value is -2.23. The highest BCUT2D eigenvalue weighted by atomic mass is 32.2. The Labute approximate surface area is 172 Å². The van der Waals surface area contributed by atoms with Gasteiger partial charge in [0.25, 0.3) is 0 Å². The van der Waals surface area contributed by atoms with Gasteiger partial charge in [0.15, 0.2) is 0 Å². The van der Waals surface area contributed by atoms with E-state index >= 15 is 0 Å². The molecule has 1 aliphatic rings. The number of anilines is 1. The summed E-state index contributed by atoms with van der Waals surface area (Å²) in [6, 6.07) is 6.53. The van der Waals surface area contributed by atoms with Crippen molar-refractivity contribution in [1.82, 2.24) is 19.0 Å². The first-order valence-corrected chi connectivity index (χ1v) is 11.2. The number of amides is 1. The molecule has 1 atom stereocenters. The Balaban J connectivity index is 1.62. The van der Waals surface area contributed by atoms with Crippen LogP contribution in [-0.4, -0.2) is 65.5 Å². The average Bonchev–Trinajstić information content (AvgIpc) is 2.93. The molecule has 1 N–H and O–H groups in total. The number of sulfonamides is 1. The highest BCUT2D eigenvalue weighted by Crippen LogP contribution is 2.21. The van der Waals surface area contributed by atoms with Crippen molar-refractivity contribution in [3.63, 3.8) is 0 Å². The summed E-state index contributed by atoms with van der Waals surface area (Å²) in [7, 11) is -1.67. The number of benzene rings is 1. The van der Waals surface area contributed by atoms with Crippen LogP contribution in [0, 0.1) is 20.8 Å².